The summed E-state index contributed by atoms with van der Waals surface area (Å²) in [6, 6.07) is 26.6. The van der Waals surface area contributed by atoms with E-state index in [0.717, 1.165) is 0 Å². The quantitative estimate of drug-likeness (QED) is 0.0936. The van der Waals surface area contributed by atoms with Gasteiger partial charge in [0.25, 0.3) is 0 Å². The van der Waals surface area contributed by atoms with E-state index in [1.807, 2.05) is 0 Å². The number of rotatable bonds is 8. The molecule has 0 atom stereocenters. The molecule has 0 aliphatic heterocycles. The van der Waals surface area contributed by atoms with E-state index in [1.165, 1.54) is 0 Å². The summed E-state index contributed by atoms with van der Waals surface area (Å²) in [6.45, 7) is 0. The van der Waals surface area contributed by atoms with Crippen molar-refractivity contribution in [3.05, 3.63) is 119 Å². The van der Waals surface area contributed by atoms with Gasteiger partial charge in [0.2, 0.25) is 0 Å². The predicted octanol–water partition coefficient (Wildman–Crippen LogP) is -3.21. The lowest BCUT2D eigenvalue weighted by atomic mass is 9.63. The summed E-state index contributed by atoms with van der Waals surface area (Å²) in [4.78, 5) is 0. The van der Waals surface area contributed by atoms with E-state index in [4.69, 9.17) is 0 Å². The van der Waals surface area contributed by atoms with Gasteiger partial charge >= 0.3 is 28.5 Å². The molecule has 0 aromatic heterocycles. The minimum Gasteiger partial charge on any atom is -0.423 e. The summed E-state index contributed by atoms with van der Waals surface area (Å²) in [5.74, 6) is 0. The molecule has 0 bridgehead atoms. The molecule has 0 saturated heterocycles. The molecule has 184 valence electrons. The molecule has 0 amide bonds. The fourth-order valence-corrected chi connectivity index (χ4v) is 4.62. The largest absolute Gasteiger partial charge is 0.488 e. The van der Waals surface area contributed by atoms with Crippen LogP contribution in [-0.4, -0.2) is 68.7 Å². The van der Waals surface area contributed by atoms with Crippen molar-refractivity contribution in [1.82, 2.24) is 0 Å². The lowest BCUT2D eigenvalue weighted by Gasteiger charge is -2.37. The van der Waals surface area contributed by atoms with Crippen LogP contribution in [0.15, 0.2) is 97.1 Å². The average Bonchev–Trinajstić information content (AvgIpc) is 2.90. The van der Waals surface area contributed by atoms with Crippen LogP contribution in [0.1, 0.15) is 22.3 Å². The van der Waals surface area contributed by atoms with E-state index >= 15 is 0 Å². The molecule has 0 radical (unpaired) electrons. The summed E-state index contributed by atoms with van der Waals surface area (Å²) in [5.41, 5.74) is 2.93. The van der Waals surface area contributed by atoms with E-state index in [-0.39, 0.29) is 21.9 Å². The van der Waals surface area contributed by atoms with Gasteiger partial charge in [-0.2, -0.15) is 0 Å². The number of hydrogen-bond donors (Lipinski definition) is 8. The third-order valence-electron chi connectivity index (χ3n) is 6.57. The number of benzene rings is 4. The van der Waals surface area contributed by atoms with E-state index in [1.54, 1.807) is 97.1 Å². The first kappa shape index (κ1) is 26.9. The normalized spacial score (nSPS) is 11.2. The zero-order chi connectivity index (χ0) is 26.7. The molecule has 0 unspecified atom stereocenters. The average molecular weight is 496 g/mol. The first-order valence-electron chi connectivity index (χ1n) is 11.5. The van der Waals surface area contributed by atoms with Crippen LogP contribution in [0.4, 0.5) is 0 Å². The Morgan fingerprint density at radius 1 is 0.297 bits per heavy atom. The second kappa shape index (κ2) is 11.1. The van der Waals surface area contributed by atoms with Gasteiger partial charge in [-0.25, -0.2) is 0 Å². The topological polar surface area (TPSA) is 162 Å². The van der Waals surface area contributed by atoms with Crippen LogP contribution in [0.25, 0.3) is 0 Å². The monoisotopic (exact) mass is 496 g/mol. The third-order valence-corrected chi connectivity index (χ3v) is 6.57. The summed E-state index contributed by atoms with van der Waals surface area (Å²) in [5, 5.41) is 77.0. The van der Waals surface area contributed by atoms with Crippen molar-refractivity contribution in [2.45, 2.75) is 5.41 Å². The Hall–Kier alpha value is -3.18. The highest BCUT2D eigenvalue weighted by molar-refractivity contribution is 6.59. The highest BCUT2D eigenvalue weighted by Gasteiger charge is 2.39. The van der Waals surface area contributed by atoms with E-state index < -0.39 is 33.9 Å². The molecular weight excluding hydrogens is 472 g/mol. The Bertz CT molecular complexity index is 1100. The lowest BCUT2D eigenvalue weighted by Crippen LogP contribution is -2.36. The molecule has 8 N–H and O–H groups in total. The molecule has 8 nitrogen and oxygen atoms in total. The van der Waals surface area contributed by atoms with Crippen LogP contribution >= 0.6 is 0 Å². The fourth-order valence-electron chi connectivity index (χ4n) is 4.62. The molecule has 0 heterocycles. The van der Waals surface area contributed by atoms with Crippen molar-refractivity contribution in [3.63, 3.8) is 0 Å². The van der Waals surface area contributed by atoms with E-state index in [2.05, 4.69) is 0 Å². The minimum absolute atomic E-state index is 0.286. The Labute approximate surface area is 215 Å². The fraction of sp³-hybridized carbons (Fsp3) is 0.0400. The molecular formula is C25H24B4O8. The molecule has 0 fully saturated rings. The second-order valence-corrected chi connectivity index (χ2v) is 8.73. The van der Waals surface area contributed by atoms with Gasteiger partial charge in [0.1, 0.15) is 0 Å². The predicted molar refractivity (Wildman–Crippen MR) is 144 cm³/mol. The SMILES string of the molecule is OB(O)c1ccc(C(c2ccc(B(O)O)cc2)(c2ccc(B(O)O)cc2)c2ccc(B(O)O)cc2)cc1. The maximum Gasteiger partial charge on any atom is 0.488 e. The van der Waals surface area contributed by atoms with E-state index in [9.17, 15) is 40.2 Å². The third kappa shape index (κ3) is 5.28. The van der Waals surface area contributed by atoms with Gasteiger partial charge < -0.3 is 40.2 Å². The molecule has 4 aromatic rings. The summed E-state index contributed by atoms with van der Waals surface area (Å²) >= 11 is 0. The maximum atomic E-state index is 9.63. The highest BCUT2D eigenvalue weighted by atomic mass is 16.4. The van der Waals surface area contributed by atoms with Gasteiger partial charge in [0.15, 0.2) is 0 Å². The molecule has 0 aliphatic rings. The first-order chi connectivity index (χ1) is 17.6. The van der Waals surface area contributed by atoms with Crippen molar-refractivity contribution in [2.75, 3.05) is 0 Å². The van der Waals surface area contributed by atoms with Gasteiger partial charge in [-0.3, -0.25) is 0 Å². The van der Waals surface area contributed by atoms with E-state index in [0.29, 0.717) is 22.3 Å². The summed E-state index contributed by atoms with van der Waals surface area (Å²) < 4.78 is 0. The zero-order valence-electron chi connectivity index (χ0n) is 19.6. The molecule has 37 heavy (non-hydrogen) atoms. The molecule has 12 heteroatoms. The van der Waals surface area contributed by atoms with Gasteiger partial charge in [-0.1, -0.05) is 97.1 Å². The zero-order valence-corrected chi connectivity index (χ0v) is 19.6. The first-order valence-corrected chi connectivity index (χ1v) is 11.5. The van der Waals surface area contributed by atoms with Gasteiger partial charge in [0, 0.05) is 0 Å². The van der Waals surface area contributed by atoms with Gasteiger partial charge in [-0.15, -0.1) is 0 Å². The summed E-state index contributed by atoms with van der Waals surface area (Å²) in [7, 11) is -6.65. The number of hydrogen-bond acceptors (Lipinski definition) is 8. The standard InChI is InChI=1S/C25H24B4O8/c30-26(31)21-9-1-17(2-10-21)25(18-3-11-22(12-4-18)27(32)33,19-5-13-23(14-6-19)28(34)35)20-7-15-24(16-8-20)29(36)37/h1-16,30-37H. The van der Waals surface area contributed by atoms with Gasteiger partial charge in [-0.05, 0) is 44.1 Å². The van der Waals surface area contributed by atoms with Crippen molar-refractivity contribution < 1.29 is 40.2 Å². The Kier molecular flexibility index (Phi) is 8.03. The van der Waals surface area contributed by atoms with Gasteiger partial charge in [0.05, 0.1) is 5.41 Å². The summed E-state index contributed by atoms with van der Waals surface area (Å²) in [6.07, 6.45) is 0. The highest BCUT2D eigenvalue weighted by Crippen LogP contribution is 2.44. The van der Waals surface area contributed by atoms with Crippen LogP contribution in [0.3, 0.4) is 0 Å². The Morgan fingerprint density at radius 3 is 0.595 bits per heavy atom. The van der Waals surface area contributed by atoms with Crippen LogP contribution in [0.5, 0.6) is 0 Å². The lowest BCUT2D eigenvalue weighted by molar-refractivity contribution is 0.424. The molecule has 4 aromatic carbocycles. The van der Waals surface area contributed by atoms with Crippen molar-refractivity contribution in [2.24, 2.45) is 0 Å². The molecule has 0 aliphatic carbocycles. The maximum absolute atomic E-state index is 9.63. The molecule has 4 rings (SSSR count). The molecule has 0 spiro atoms. The van der Waals surface area contributed by atoms with Crippen LogP contribution in [0.2, 0.25) is 0 Å². The Balaban J connectivity index is 2.05. The minimum atomic E-state index is -1.66. The smallest absolute Gasteiger partial charge is 0.423 e. The van der Waals surface area contributed by atoms with Crippen LogP contribution in [-0.2, 0) is 5.41 Å². The van der Waals surface area contributed by atoms with Crippen molar-refractivity contribution in [3.8, 4) is 0 Å². The van der Waals surface area contributed by atoms with Crippen molar-refractivity contribution >= 4 is 50.3 Å². The second-order valence-electron chi connectivity index (χ2n) is 8.73. The van der Waals surface area contributed by atoms with Crippen LogP contribution < -0.4 is 21.9 Å². The van der Waals surface area contributed by atoms with Crippen LogP contribution in [0, 0.1) is 0 Å². The Morgan fingerprint density at radius 2 is 0.459 bits per heavy atom. The molecule has 0 saturated carbocycles. The van der Waals surface area contributed by atoms with Crippen molar-refractivity contribution in [1.29, 1.82) is 0 Å².